The van der Waals surface area contributed by atoms with Crippen molar-refractivity contribution in [3.05, 3.63) is 42.7 Å². The Bertz CT molecular complexity index is 1030. The molecule has 0 bridgehead atoms. The first-order chi connectivity index (χ1) is 15.3. The van der Waals surface area contributed by atoms with Crippen molar-refractivity contribution in [2.45, 2.75) is 18.9 Å². The molecule has 0 spiro atoms. The van der Waals surface area contributed by atoms with Gasteiger partial charge in [-0.3, -0.25) is 4.98 Å². The van der Waals surface area contributed by atoms with Gasteiger partial charge in [-0.25, -0.2) is 4.98 Å². The molecule has 1 atom stereocenters. The molecule has 2 aliphatic heterocycles. The highest BCUT2D eigenvalue weighted by atomic mass is 16.5. The van der Waals surface area contributed by atoms with E-state index in [1.807, 2.05) is 6.07 Å². The summed E-state index contributed by atoms with van der Waals surface area (Å²) in [6.07, 6.45) is 5.77. The number of methoxy groups -OCH3 is 1. The average Bonchev–Trinajstić information content (AvgIpc) is 2.84. The molecule has 0 saturated carbocycles. The molecule has 4 heterocycles. The van der Waals surface area contributed by atoms with E-state index in [1.165, 1.54) is 0 Å². The highest BCUT2D eigenvalue weighted by Crippen LogP contribution is 2.35. The number of pyridine rings is 1. The van der Waals surface area contributed by atoms with Crippen LogP contribution < -0.4 is 19.9 Å². The van der Waals surface area contributed by atoms with Gasteiger partial charge in [0.1, 0.15) is 17.1 Å². The summed E-state index contributed by atoms with van der Waals surface area (Å²) in [6, 6.07) is 10.7. The van der Waals surface area contributed by atoms with E-state index in [9.17, 15) is 0 Å². The van der Waals surface area contributed by atoms with Gasteiger partial charge in [0.25, 0.3) is 0 Å². The van der Waals surface area contributed by atoms with Gasteiger partial charge in [-0.1, -0.05) is 18.2 Å². The summed E-state index contributed by atoms with van der Waals surface area (Å²) >= 11 is 0. The summed E-state index contributed by atoms with van der Waals surface area (Å²) in [5, 5.41) is 4.61. The number of para-hydroxylation sites is 1. The third kappa shape index (κ3) is 4.20. The smallest absolute Gasteiger partial charge is 0.228 e. The van der Waals surface area contributed by atoms with E-state index < -0.39 is 0 Å². The lowest BCUT2D eigenvalue weighted by Crippen LogP contribution is -2.43. The van der Waals surface area contributed by atoms with Gasteiger partial charge in [0.15, 0.2) is 0 Å². The number of benzene rings is 1. The molecule has 0 aliphatic carbocycles. The van der Waals surface area contributed by atoms with Crippen molar-refractivity contribution in [3.63, 3.8) is 0 Å². The lowest BCUT2D eigenvalue weighted by molar-refractivity contribution is 0.122. The SMILES string of the molecule is COc1cncc2nc(N3CCOCC3)nc(N3CCCC(Nc4ccccc4)C3)c12. The van der Waals surface area contributed by atoms with Crippen LogP contribution in [0.3, 0.4) is 0 Å². The Morgan fingerprint density at radius 3 is 2.68 bits per heavy atom. The Morgan fingerprint density at radius 1 is 1.03 bits per heavy atom. The number of hydrogen-bond acceptors (Lipinski definition) is 8. The first-order valence-corrected chi connectivity index (χ1v) is 10.9. The number of morpholine rings is 1. The van der Waals surface area contributed by atoms with Crippen LogP contribution in [0.15, 0.2) is 42.7 Å². The van der Waals surface area contributed by atoms with E-state index in [1.54, 1.807) is 19.5 Å². The molecule has 8 nitrogen and oxygen atoms in total. The topological polar surface area (TPSA) is 75.6 Å². The van der Waals surface area contributed by atoms with Crippen LogP contribution >= 0.6 is 0 Å². The van der Waals surface area contributed by atoms with Crippen molar-refractivity contribution in [2.24, 2.45) is 0 Å². The fraction of sp³-hybridized carbons (Fsp3) is 0.435. The van der Waals surface area contributed by atoms with E-state index in [4.69, 9.17) is 19.4 Å². The van der Waals surface area contributed by atoms with Crippen LogP contribution in [0.4, 0.5) is 17.5 Å². The van der Waals surface area contributed by atoms with Gasteiger partial charge in [0, 0.05) is 37.9 Å². The van der Waals surface area contributed by atoms with Crippen LogP contribution in [0.25, 0.3) is 10.9 Å². The Hall–Kier alpha value is -3.13. The van der Waals surface area contributed by atoms with Gasteiger partial charge in [0.05, 0.1) is 38.1 Å². The first-order valence-electron chi connectivity index (χ1n) is 10.9. The molecule has 8 heteroatoms. The molecule has 2 aliphatic rings. The zero-order valence-electron chi connectivity index (χ0n) is 17.8. The monoisotopic (exact) mass is 420 g/mol. The number of rotatable bonds is 5. The van der Waals surface area contributed by atoms with Crippen LogP contribution in [0.2, 0.25) is 0 Å². The molecule has 5 rings (SSSR count). The van der Waals surface area contributed by atoms with Gasteiger partial charge >= 0.3 is 0 Å². The number of fused-ring (bicyclic) bond motifs is 1. The fourth-order valence-electron chi connectivity index (χ4n) is 4.37. The quantitative estimate of drug-likeness (QED) is 0.675. The lowest BCUT2D eigenvalue weighted by Gasteiger charge is -2.36. The van der Waals surface area contributed by atoms with Crippen molar-refractivity contribution in [3.8, 4) is 5.75 Å². The summed E-state index contributed by atoms with van der Waals surface area (Å²) in [7, 11) is 1.67. The first kappa shape index (κ1) is 19.8. The molecule has 2 fully saturated rings. The standard InChI is InChI=1S/C23H28N6O2/c1-30-20-15-24-14-19-21(20)22(27-23(26-19)28-10-12-31-13-11-28)29-9-5-8-18(16-29)25-17-6-3-2-4-7-17/h2-4,6-7,14-15,18,25H,5,8-13,16H2,1H3. The second kappa shape index (κ2) is 8.93. The average molecular weight is 421 g/mol. The minimum atomic E-state index is 0.348. The highest BCUT2D eigenvalue weighted by molar-refractivity contribution is 5.95. The maximum absolute atomic E-state index is 5.65. The number of hydrogen-bond donors (Lipinski definition) is 1. The molecule has 1 aromatic carbocycles. The Morgan fingerprint density at radius 2 is 1.87 bits per heavy atom. The van der Waals surface area contributed by atoms with E-state index in [0.717, 1.165) is 67.4 Å². The molecule has 31 heavy (non-hydrogen) atoms. The fourth-order valence-corrected chi connectivity index (χ4v) is 4.37. The number of aromatic nitrogens is 3. The molecule has 2 saturated heterocycles. The second-order valence-electron chi connectivity index (χ2n) is 7.98. The van der Waals surface area contributed by atoms with Gasteiger partial charge in [0.2, 0.25) is 5.95 Å². The third-order valence-electron chi connectivity index (χ3n) is 5.92. The van der Waals surface area contributed by atoms with Crippen LogP contribution in [0.5, 0.6) is 5.75 Å². The van der Waals surface area contributed by atoms with Crippen LogP contribution in [0.1, 0.15) is 12.8 Å². The summed E-state index contributed by atoms with van der Waals surface area (Å²) in [5.41, 5.74) is 1.96. The van der Waals surface area contributed by atoms with Crippen molar-refractivity contribution in [1.29, 1.82) is 0 Å². The molecular formula is C23H28N6O2. The second-order valence-corrected chi connectivity index (χ2v) is 7.98. The van der Waals surface area contributed by atoms with E-state index in [-0.39, 0.29) is 0 Å². The van der Waals surface area contributed by atoms with E-state index in [2.05, 4.69) is 44.4 Å². The van der Waals surface area contributed by atoms with Gasteiger partial charge in [-0.2, -0.15) is 4.98 Å². The Balaban J connectivity index is 1.50. The number of nitrogens with zero attached hydrogens (tertiary/aromatic N) is 5. The van der Waals surface area contributed by atoms with Gasteiger partial charge in [-0.15, -0.1) is 0 Å². The van der Waals surface area contributed by atoms with E-state index in [0.29, 0.717) is 25.0 Å². The zero-order chi connectivity index (χ0) is 21.0. The Kier molecular flexibility index (Phi) is 5.71. The molecule has 0 radical (unpaired) electrons. The van der Waals surface area contributed by atoms with Crippen LogP contribution in [0, 0.1) is 0 Å². The van der Waals surface area contributed by atoms with Gasteiger partial charge < -0.3 is 24.6 Å². The van der Waals surface area contributed by atoms with E-state index >= 15 is 0 Å². The maximum Gasteiger partial charge on any atom is 0.228 e. The summed E-state index contributed by atoms with van der Waals surface area (Å²) in [5.74, 6) is 2.36. The molecule has 1 unspecified atom stereocenters. The summed E-state index contributed by atoms with van der Waals surface area (Å²) in [4.78, 5) is 18.8. The molecule has 0 amide bonds. The predicted molar refractivity (Wildman–Crippen MR) is 122 cm³/mol. The summed E-state index contributed by atoms with van der Waals surface area (Å²) < 4.78 is 11.2. The molecule has 3 aromatic rings. The minimum Gasteiger partial charge on any atom is -0.494 e. The van der Waals surface area contributed by atoms with Crippen LogP contribution in [-0.4, -0.2) is 67.5 Å². The molecule has 2 aromatic heterocycles. The van der Waals surface area contributed by atoms with Crippen molar-refractivity contribution in [2.75, 3.05) is 61.6 Å². The number of piperidine rings is 1. The maximum atomic E-state index is 5.65. The minimum absolute atomic E-state index is 0.348. The molecular weight excluding hydrogens is 392 g/mol. The van der Waals surface area contributed by atoms with Gasteiger partial charge in [-0.05, 0) is 25.0 Å². The van der Waals surface area contributed by atoms with Crippen LogP contribution in [-0.2, 0) is 4.74 Å². The van der Waals surface area contributed by atoms with Crippen molar-refractivity contribution in [1.82, 2.24) is 15.0 Å². The summed E-state index contributed by atoms with van der Waals surface area (Å²) in [6.45, 7) is 4.79. The predicted octanol–water partition coefficient (Wildman–Crippen LogP) is 2.95. The molecule has 162 valence electrons. The normalized spacial score (nSPS) is 19.5. The Labute approximate surface area is 182 Å². The number of anilines is 3. The highest BCUT2D eigenvalue weighted by Gasteiger charge is 2.26. The molecule has 1 N–H and O–H groups in total. The van der Waals surface area contributed by atoms with Crippen molar-refractivity contribution < 1.29 is 9.47 Å². The lowest BCUT2D eigenvalue weighted by atomic mass is 10.0. The zero-order valence-corrected chi connectivity index (χ0v) is 17.8. The third-order valence-corrected chi connectivity index (χ3v) is 5.92. The number of ether oxygens (including phenoxy) is 2. The largest absolute Gasteiger partial charge is 0.494 e. The number of nitrogens with one attached hydrogen (secondary N) is 1. The van der Waals surface area contributed by atoms with Crippen molar-refractivity contribution >= 4 is 28.4 Å².